The van der Waals surface area contributed by atoms with Crippen LogP contribution in [0.5, 0.6) is 0 Å². The van der Waals surface area contributed by atoms with Gasteiger partial charge in [-0.1, -0.05) is 24.6 Å². The number of benzene rings is 1. The highest BCUT2D eigenvalue weighted by Gasteiger charge is 2.17. The molecule has 0 unspecified atom stereocenters. The number of aliphatic imine (C=N–C) groups is 1. The number of allylic oxidation sites excluding steroid dienone is 1. The molecule has 6 nitrogen and oxygen atoms in total. The Morgan fingerprint density at radius 1 is 1.28 bits per heavy atom. The molecule has 29 heavy (non-hydrogen) atoms. The summed E-state index contributed by atoms with van der Waals surface area (Å²) in [6.07, 6.45) is 8.80. The normalized spacial score (nSPS) is 14.0. The van der Waals surface area contributed by atoms with E-state index in [4.69, 9.17) is 4.99 Å². The number of carbonyl (C=O) groups excluding carboxylic acids is 1. The molecule has 0 bridgehead atoms. The Morgan fingerprint density at radius 3 is 2.79 bits per heavy atom. The summed E-state index contributed by atoms with van der Waals surface area (Å²) >= 11 is 0. The molecule has 1 heterocycles. The molecule has 2 rings (SSSR count). The van der Waals surface area contributed by atoms with Crippen LogP contribution < -0.4 is 10.6 Å². The van der Waals surface area contributed by atoms with E-state index in [9.17, 15) is 4.79 Å². The number of guanidine groups is 1. The van der Waals surface area contributed by atoms with E-state index in [0.29, 0.717) is 6.54 Å². The van der Waals surface area contributed by atoms with Gasteiger partial charge in [-0.3, -0.25) is 0 Å². The molecule has 1 aromatic rings. The lowest BCUT2D eigenvalue weighted by molar-refractivity contribution is 0.222. The molecule has 2 N–H and O–H groups in total. The highest BCUT2D eigenvalue weighted by atomic mass is 16.2. The third kappa shape index (κ3) is 8.18. The van der Waals surface area contributed by atoms with Crippen molar-refractivity contribution in [2.75, 3.05) is 38.5 Å². The molecule has 0 radical (unpaired) electrons. The van der Waals surface area contributed by atoms with Crippen molar-refractivity contribution in [3.8, 4) is 0 Å². The molecule has 160 valence electrons. The van der Waals surface area contributed by atoms with Crippen LogP contribution in [0.3, 0.4) is 0 Å². The Kier molecular flexibility index (Phi) is 10.1. The van der Waals surface area contributed by atoms with Crippen molar-refractivity contribution in [1.29, 1.82) is 0 Å². The summed E-state index contributed by atoms with van der Waals surface area (Å²) in [5.41, 5.74) is 1.91. The van der Waals surface area contributed by atoms with Gasteiger partial charge in [0.2, 0.25) is 0 Å². The SMILES string of the molecule is C=CCCCCCN(C)C(=NCc1cccc(NC(=O)N2CCCC2)c1)NCC. The largest absolute Gasteiger partial charge is 0.357 e. The van der Waals surface area contributed by atoms with Gasteiger partial charge in [-0.2, -0.15) is 0 Å². The van der Waals surface area contributed by atoms with Crippen LogP contribution in [0, 0.1) is 0 Å². The molecule has 1 fully saturated rings. The number of carbonyl (C=O) groups is 1. The number of hydrogen-bond acceptors (Lipinski definition) is 2. The van der Waals surface area contributed by atoms with E-state index in [0.717, 1.165) is 69.1 Å². The lowest BCUT2D eigenvalue weighted by Gasteiger charge is -2.22. The van der Waals surface area contributed by atoms with E-state index >= 15 is 0 Å². The van der Waals surface area contributed by atoms with Crippen molar-refractivity contribution in [1.82, 2.24) is 15.1 Å². The second kappa shape index (κ2) is 12.9. The number of rotatable bonds is 10. The molecule has 2 amide bonds. The van der Waals surface area contributed by atoms with Crippen LogP contribution in [-0.2, 0) is 6.54 Å². The zero-order chi connectivity index (χ0) is 20.9. The molecule has 0 aromatic heterocycles. The fourth-order valence-electron chi connectivity index (χ4n) is 3.43. The first-order valence-electron chi connectivity index (χ1n) is 10.9. The van der Waals surface area contributed by atoms with Gasteiger partial charge in [-0.05, 0) is 56.7 Å². The van der Waals surface area contributed by atoms with E-state index in [-0.39, 0.29) is 6.03 Å². The number of nitrogens with one attached hydrogen (secondary N) is 2. The molecular weight excluding hydrogens is 362 g/mol. The van der Waals surface area contributed by atoms with Crippen molar-refractivity contribution in [3.63, 3.8) is 0 Å². The molecule has 1 aliphatic heterocycles. The van der Waals surface area contributed by atoms with Crippen molar-refractivity contribution in [3.05, 3.63) is 42.5 Å². The van der Waals surface area contributed by atoms with Gasteiger partial charge in [0.05, 0.1) is 6.54 Å². The molecule has 1 aliphatic rings. The number of urea groups is 1. The van der Waals surface area contributed by atoms with Crippen LogP contribution in [-0.4, -0.2) is 55.0 Å². The van der Waals surface area contributed by atoms with E-state index in [1.807, 2.05) is 35.2 Å². The van der Waals surface area contributed by atoms with Crippen molar-refractivity contribution >= 4 is 17.7 Å². The van der Waals surface area contributed by atoms with Gasteiger partial charge in [-0.15, -0.1) is 6.58 Å². The maximum Gasteiger partial charge on any atom is 0.321 e. The second-order valence-corrected chi connectivity index (χ2v) is 7.55. The molecule has 0 aliphatic carbocycles. The summed E-state index contributed by atoms with van der Waals surface area (Å²) < 4.78 is 0. The first-order chi connectivity index (χ1) is 14.1. The highest BCUT2D eigenvalue weighted by molar-refractivity contribution is 5.89. The maximum absolute atomic E-state index is 12.3. The van der Waals surface area contributed by atoms with Gasteiger partial charge < -0.3 is 20.4 Å². The number of anilines is 1. The van der Waals surface area contributed by atoms with Crippen LogP contribution in [0.25, 0.3) is 0 Å². The van der Waals surface area contributed by atoms with Crippen molar-refractivity contribution in [2.24, 2.45) is 4.99 Å². The molecular formula is C23H37N5O. The molecule has 1 aromatic carbocycles. The Balaban J connectivity index is 1.90. The van der Waals surface area contributed by atoms with Gasteiger partial charge in [0.1, 0.15) is 0 Å². The van der Waals surface area contributed by atoms with Crippen LogP contribution in [0.4, 0.5) is 10.5 Å². The van der Waals surface area contributed by atoms with Crippen LogP contribution in [0.1, 0.15) is 51.0 Å². The average Bonchev–Trinajstić information content (AvgIpc) is 3.26. The van der Waals surface area contributed by atoms with Gasteiger partial charge >= 0.3 is 6.03 Å². The third-order valence-corrected chi connectivity index (χ3v) is 5.08. The minimum atomic E-state index is -0.00678. The predicted molar refractivity (Wildman–Crippen MR) is 122 cm³/mol. The standard InChI is InChI=1S/C23H37N5O/c1-4-6-7-8-9-15-27(3)22(24-5-2)25-19-20-13-12-14-21(18-20)26-23(29)28-16-10-11-17-28/h4,12-14,18H,1,5-11,15-17,19H2,2-3H3,(H,24,25)(H,26,29). The van der Waals surface area contributed by atoms with Crippen LogP contribution >= 0.6 is 0 Å². The fraction of sp³-hybridized carbons (Fsp3) is 0.565. The number of likely N-dealkylation sites (tertiary alicyclic amines) is 1. The third-order valence-electron chi connectivity index (χ3n) is 5.08. The number of nitrogens with zero attached hydrogens (tertiary/aromatic N) is 3. The molecule has 1 saturated heterocycles. The maximum atomic E-state index is 12.3. The molecule has 6 heteroatoms. The summed E-state index contributed by atoms with van der Waals surface area (Å²) in [5.74, 6) is 0.919. The minimum Gasteiger partial charge on any atom is -0.357 e. The zero-order valence-corrected chi connectivity index (χ0v) is 18.1. The van der Waals surface area contributed by atoms with Crippen LogP contribution in [0.2, 0.25) is 0 Å². The molecule has 0 atom stereocenters. The molecule has 0 saturated carbocycles. The highest BCUT2D eigenvalue weighted by Crippen LogP contribution is 2.15. The monoisotopic (exact) mass is 399 g/mol. The zero-order valence-electron chi connectivity index (χ0n) is 18.1. The van der Waals surface area contributed by atoms with E-state index in [2.05, 4.69) is 36.1 Å². The first kappa shape index (κ1) is 22.8. The summed E-state index contributed by atoms with van der Waals surface area (Å²) in [6.45, 7) is 9.96. The average molecular weight is 400 g/mol. The quantitative estimate of drug-likeness (QED) is 0.264. The van der Waals surface area contributed by atoms with E-state index in [1.165, 1.54) is 12.8 Å². The first-order valence-corrected chi connectivity index (χ1v) is 10.9. The van der Waals surface area contributed by atoms with Crippen molar-refractivity contribution in [2.45, 2.75) is 52.0 Å². The van der Waals surface area contributed by atoms with Crippen LogP contribution in [0.15, 0.2) is 41.9 Å². The molecule has 0 spiro atoms. The van der Waals surface area contributed by atoms with Gasteiger partial charge in [-0.25, -0.2) is 9.79 Å². The summed E-state index contributed by atoms with van der Waals surface area (Å²) in [6, 6.07) is 7.96. The Labute approximate surface area is 176 Å². The minimum absolute atomic E-state index is 0.00678. The lowest BCUT2D eigenvalue weighted by atomic mass is 10.2. The second-order valence-electron chi connectivity index (χ2n) is 7.55. The number of hydrogen-bond donors (Lipinski definition) is 2. The lowest BCUT2D eigenvalue weighted by Crippen LogP contribution is -2.39. The van der Waals surface area contributed by atoms with E-state index < -0.39 is 0 Å². The van der Waals surface area contributed by atoms with Gasteiger partial charge in [0.25, 0.3) is 0 Å². The fourth-order valence-corrected chi connectivity index (χ4v) is 3.43. The summed E-state index contributed by atoms with van der Waals surface area (Å²) in [4.78, 5) is 21.2. The predicted octanol–water partition coefficient (Wildman–Crippen LogP) is 4.46. The Morgan fingerprint density at radius 2 is 2.07 bits per heavy atom. The summed E-state index contributed by atoms with van der Waals surface area (Å²) in [5, 5.41) is 6.38. The summed E-state index contributed by atoms with van der Waals surface area (Å²) in [7, 11) is 2.09. The Hall–Kier alpha value is -2.50. The van der Waals surface area contributed by atoms with Gasteiger partial charge in [0.15, 0.2) is 5.96 Å². The van der Waals surface area contributed by atoms with Crippen molar-refractivity contribution < 1.29 is 4.79 Å². The van der Waals surface area contributed by atoms with E-state index in [1.54, 1.807) is 0 Å². The topological polar surface area (TPSA) is 60.0 Å². The smallest absolute Gasteiger partial charge is 0.321 e. The number of amides is 2. The Bertz CT molecular complexity index is 667. The van der Waals surface area contributed by atoms with Gasteiger partial charge in [0, 0.05) is 38.9 Å². The number of unbranched alkanes of at least 4 members (excludes halogenated alkanes) is 3.